The molecule has 2 N–H and O–H groups in total. The molecule has 0 radical (unpaired) electrons. The van der Waals surface area contributed by atoms with Gasteiger partial charge in [0.05, 0.1) is 12.3 Å². The molecule has 2 aromatic heterocycles. The molecule has 0 aliphatic heterocycles. The fraction of sp³-hybridized carbons (Fsp3) is 0.333. The van der Waals surface area contributed by atoms with E-state index >= 15 is 0 Å². The molecule has 0 aliphatic rings. The van der Waals surface area contributed by atoms with Gasteiger partial charge in [0, 0.05) is 18.9 Å². The van der Waals surface area contributed by atoms with Crippen molar-refractivity contribution >= 4 is 11.3 Å². The van der Waals surface area contributed by atoms with Crippen LogP contribution in [0.2, 0.25) is 0 Å². The summed E-state index contributed by atoms with van der Waals surface area (Å²) >= 11 is 0. The van der Waals surface area contributed by atoms with Gasteiger partial charge in [-0.2, -0.15) is 5.10 Å². The highest BCUT2D eigenvalue weighted by Crippen LogP contribution is 2.11. The fourth-order valence-electron chi connectivity index (χ4n) is 1.24. The van der Waals surface area contributed by atoms with Crippen molar-refractivity contribution in [3.05, 3.63) is 24.7 Å². The van der Waals surface area contributed by atoms with E-state index in [-0.39, 0.29) is 6.10 Å². The van der Waals surface area contributed by atoms with E-state index < -0.39 is 0 Å². The smallest absolute Gasteiger partial charge is 0.152 e. The monoisotopic (exact) mass is 192 g/mol. The van der Waals surface area contributed by atoms with E-state index in [0.29, 0.717) is 6.54 Å². The second-order valence-corrected chi connectivity index (χ2v) is 3.17. The zero-order valence-corrected chi connectivity index (χ0v) is 7.88. The van der Waals surface area contributed by atoms with Crippen LogP contribution in [0.25, 0.3) is 5.52 Å². The van der Waals surface area contributed by atoms with Crippen molar-refractivity contribution in [2.45, 2.75) is 13.0 Å². The molecule has 5 nitrogen and oxygen atoms in total. The van der Waals surface area contributed by atoms with E-state index in [9.17, 15) is 0 Å². The first-order valence-electron chi connectivity index (χ1n) is 4.47. The maximum Gasteiger partial charge on any atom is 0.152 e. The Morgan fingerprint density at radius 2 is 2.43 bits per heavy atom. The quantitative estimate of drug-likeness (QED) is 0.744. The SMILES string of the molecule is CC(O)CNc1nccn2nccc12. The second-order valence-electron chi connectivity index (χ2n) is 3.17. The number of hydrogen-bond acceptors (Lipinski definition) is 4. The highest BCUT2D eigenvalue weighted by molar-refractivity contribution is 5.66. The van der Waals surface area contributed by atoms with E-state index in [2.05, 4.69) is 15.4 Å². The Balaban J connectivity index is 2.27. The van der Waals surface area contributed by atoms with Crippen LogP contribution in [0.3, 0.4) is 0 Å². The van der Waals surface area contributed by atoms with Gasteiger partial charge in [0.25, 0.3) is 0 Å². The number of aliphatic hydroxyl groups is 1. The van der Waals surface area contributed by atoms with E-state index in [0.717, 1.165) is 11.3 Å². The maximum atomic E-state index is 9.12. The molecule has 5 heteroatoms. The van der Waals surface area contributed by atoms with Crippen LogP contribution in [0.1, 0.15) is 6.92 Å². The van der Waals surface area contributed by atoms with Gasteiger partial charge >= 0.3 is 0 Å². The number of hydrogen-bond donors (Lipinski definition) is 2. The van der Waals surface area contributed by atoms with Crippen LogP contribution in [0.15, 0.2) is 24.7 Å². The van der Waals surface area contributed by atoms with Gasteiger partial charge in [0.1, 0.15) is 5.52 Å². The summed E-state index contributed by atoms with van der Waals surface area (Å²) in [5, 5.41) is 16.3. The molecule has 2 heterocycles. The Labute approximate surface area is 81.4 Å². The molecule has 2 rings (SSSR count). The third-order valence-corrected chi connectivity index (χ3v) is 1.89. The zero-order valence-electron chi connectivity index (χ0n) is 7.88. The standard InChI is InChI=1S/C9H12N4O/c1-7(14)6-11-9-8-2-3-12-13(8)5-4-10-9/h2-5,7,14H,6H2,1H3,(H,10,11). The summed E-state index contributed by atoms with van der Waals surface area (Å²) in [6.07, 6.45) is 4.78. The first-order valence-corrected chi connectivity index (χ1v) is 4.47. The average Bonchev–Trinajstić information content (AvgIpc) is 2.62. The Morgan fingerprint density at radius 3 is 3.21 bits per heavy atom. The molecule has 0 bridgehead atoms. The third kappa shape index (κ3) is 1.67. The van der Waals surface area contributed by atoms with Crippen molar-refractivity contribution in [3.63, 3.8) is 0 Å². The van der Waals surface area contributed by atoms with Crippen molar-refractivity contribution in [2.24, 2.45) is 0 Å². The van der Waals surface area contributed by atoms with Crippen LogP contribution in [-0.2, 0) is 0 Å². The minimum absolute atomic E-state index is 0.389. The third-order valence-electron chi connectivity index (χ3n) is 1.89. The Bertz CT molecular complexity index is 423. The first-order chi connectivity index (χ1) is 6.77. The van der Waals surface area contributed by atoms with Crippen molar-refractivity contribution in [1.29, 1.82) is 0 Å². The van der Waals surface area contributed by atoms with E-state index in [1.165, 1.54) is 0 Å². The van der Waals surface area contributed by atoms with Crippen molar-refractivity contribution in [2.75, 3.05) is 11.9 Å². The molecule has 0 amide bonds. The highest BCUT2D eigenvalue weighted by Gasteiger charge is 2.02. The van der Waals surface area contributed by atoms with Crippen LogP contribution in [0.4, 0.5) is 5.82 Å². The minimum Gasteiger partial charge on any atom is -0.392 e. The summed E-state index contributed by atoms with van der Waals surface area (Å²) in [4.78, 5) is 4.17. The molecule has 1 atom stereocenters. The first kappa shape index (κ1) is 8.96. The van der Waals surface area contributed by atoms with Gasteiger partial charge in [-0.3, -0.25) is 0 Å². The van der Waals surface area contributed by atoms with Gasteiger partial charge in [0.15, 0.2) is 5.82 Å². The topological polar surface area (TPSA) is 62.5 Å². The lowest BCUT2D eigenvalue weighted by Crippen LogP contribution is -2.16. The van der Waals surface area contributed by atoms with Crippen LogP contribution >= 0.6 is 0 Å². The predicted molar refractivity (Wildman–Crippen MR) is 53.2 cm³/mol. The lowest BCUT2D eigenvalue weighted by atomic mass is 10.4. The summed E-state index contributed by atoms with van der Waals surface area (Å²) in [5.41, 5.74) is 0.910. The van der Waals surface area contributed by atoms with Crippen LogP contribution in [0.5, 0.6) is 0 Å². The summed E-state index contributed by atoms with van der Waals surface area (Å²) in [7, 11) is 0. The van der Waals surface area contributed by atoms with Gasteiger partial charge in [-0.15, -0.1) is 0 Å². The summed E-state index contributed by atoms with van der Waals surface area (Å²) in [6, 6.07) is 1.87. The fourth-order valence-corrected chi connectivity index (χ4v) is 1.24. The van der Waals surface area contributed by atoms with Crippen molar-refractivity contribution in [1.82, 2.24) is 14.6 Å². The molecule has 1 unspecified atom stereocenters. The predicted octanol–water partition coefficient (Wildman–Crippen LogP) is 0.522. The van der Waals surface area contributed by atoms with E-state index in [4.69, 9.17) is 5.11 Å². The van der Waals surface area contributed by atoms with Gasteiger partial charge < -0.3 is 10.4 Å². The molecule has 0 saturated carbocycles. The van der Waals surface area contributed by atoms with E-state index in [1.807, 2.05) is 6.07 Å². The Hall–Kier alpha value is -1.62. The van der Waals surface area contributed by atoms with Crippen LogP contribution in [0, 0.1) is 0 Å². The molecule has 14 heavy (non-hydrogen) atoms. The van der Waals surface area contributed by atoms with Gasteiger partial charge in [0.2, 0.25) is 0 Å². The number of anilines is 1. The Kier molecular flexibility index (Phi) is 2.32. The zero-order chi connectivity index (χ0) is 9.97. The summed E-state index contributed by atoms with van der Waals surface area (Å²) < 4.78 is 1.73. The number of nitrogens with one attached hydrogen (secondary N) is 1. The van der Waals surface area contributed by atoms with Crippen LogP contribution in [-0.4, -0.2) is 32.4 Å². The number of aromatic nitrogens is 3. The average molecular weight is 192 g/mol. The molecular weight excluding hydrogens is 180 g/mol. The summed E-state index contributed by atoms with van der Waals surface area (Å²) in [5.74, 6) is 0.742. The number of nitrogens with zero attached hydrogens (tertiary/aromatic N) is 3. The van der Waals surface area contributed by atoms with Gasteiger partial charge in [-0.25, -0.2) is 9.50 Å². The van der Waals surface area contributed by atoms with Crippen molar-refractivity contribution < 1.29 is 5.11 Å². The number of rotatable bonds is 3. The molecule has 0 aromatic carbocycles. The van der Waals surface area contributed by atoms with Gasteiger partial charge in [-0.05, 0) is 13.0 Å². The Morgan fingerprint density at radius 1 is 1.57 bits per heavy atom. The molecule has 0 aliphatic carbocycles. The lowest BCUT2D eigenvalue weighted by Gasteiger charge is -2.08. The lowest BCUT2D eigenvalue weighted by molar-refractivity contribution is 0.208. The van der Waals surface area contributed by atoms with Gasteiger partial charge in [-0.1, -0.05) is 0 Å². The maximum absolute atomic E-state index is 9.12. The largest absolute Gasteiger partial charge is 0.392 e. The second kappa shape index (κ2) is 3.63. The highest BCUT2D eigenvalue weighted by atomic mass is 16.3. The molecule has 0 fully saturated rings. The number of fused-ring (bicyclic) bond motifs is 1. The van der Waals surface area contributed by atoms with E-state index in [1.54, 1.807) is 30.0 Å². The number of aliphatic hydroxyl groups excluding tert-OH is 1. The molecule has 74 valence electrons. The van der Waals surface area contributed by atoms with Crippen LogP contribution < -0.4 is 5.32 Å². The summed E-state index contributed by atoms with van der Waals surface area (Å²) in [6.45, 7) is 2.21. The molecule has 0 spiro atoms. The molecular formula is C9H12N4O. The minimum atomic E-state index is -0.389. The van der Waals surface area contributed by atoms with Crippen molar-refractivity contribution in [3.8, 4) is 0 Å². The molecule has 2 aromatic rings. The molecule has 0 saturated heterocycles. The normalized spacial score (nSPS) is 13.0.